The van der Waals surface area contributed by atoms with Crippen LogP contribution in [0, 0.1) is 10.1 Å². The fourth-order valence-electron chi connectivity index (χ4n) is 2.34. The second-order valence-corrected chi connectivity index (χ2v) is 6.27. The Kier molecular flexibility index (Phi) is 7.32. The average Bonchev–Trinajstić information content (AvgIpc) is 2.62. The molecule has 26 heavy (non-hydrogen) atoms. The Bertz CT molecular complexity index is 773. The number of nitrogens with two attached hydrogens (primary N) is 1. The molecule has 2 N–H and O–H groups in total. The van der Waals surface area contributed by atoms with E-state index >= 15 is 0 Å². The van der Waals surface area contributed by atoms with Crippen molar-refractivity contribution in [1.29, 1.82) is 0 Å². The van der Waals surface area contributed by atoms with Gasteiger partial charge in [-0.25, -0.2) is 0 Å². The van der Waals surface area contributed by atoms with Crippen molar-refractivity contribution in [2.45, 2.75) is 13.3 Å². The van der Waals surface area contributed by atoms with Crippen LogP contribution in [-0.2, 0) is 0 Å². The summed E-state index contributed by atoms with van der Waals surface area (Å²) >= 11 is 12.0. The van der Waals surface area contributed by atoms with Gasteiger partial charge in [-0.3, -0.25) is 10.1 Å². The van der Waals surface area contributed by atoms with E-state index in [0.717, 1.165) is 25.2 Å². The van der Waals surface area contributed by atoms with E-state index in [2.05, 4.69) is 22.1 Å². The summed E-state index contributed by atoms with van der Waals surface area (Å²) < 4.78 is 0. The molecule has 2 aromatic rings. The number of azo groups is 1. The molecule has 0 amide bonds. The second-order valence-electron chi connectivity index (χ2n) is 5.45. The summed E-state index contributed by atoms with van der Waals surface area (Å²) in [4.78, 5) is 12.4. The Morgan fingerprint density at radius 2 is 1.77 bits per heavy atom. The van der Waals surface area contributed by atoms with Crippen LogP contribution in [0.4, 0.5) is 22.7 Å². The summed E-state index contributed by atoms with van der Waals surface area (Å²) in [6.07, 6.45) is 0.923. The van der Waals surface area contributed by atoms with Crippen LogP contribution in [0.15, 0.2) is 46.6 Å². The van der Waals surface area contributed by atoms with Gasteiger partial charge in [-0.1, -0.05) is 23.2 Å². The van der Waals surface area contributed by atoms with Gasteiger partial charge >= 0.3 is 0 Å². The van der Waals surface area contributed by atoms with Gasteiger partial charge in [0.05, 0.1) is 20.7 Å². The van der Waals surface area contributed by atoms with Gasteiger partial charge in [0.15, 0.2) is 0 Å². The van der Waals surface area contributed by atoms with Crippen LogP contribution in [0.2, 0.25) is 10.0 Å². The SMILES string of the molecule is CCN(CCCN)c1ccc(N=Nc2c(Cl)cc([N+](=O)[O-])cc2Cl)cc1. The molecule has 0 saturated heterocycles. The summed E-state index contributed by atoms with van der Waals surface area (Å²) in [7, 11) is 0. The molecule has 0 saturated carbocycles. The first-order valence-corrected chi connectivity index (χ1v) is 8.82. The van der Waals surface area contributed by atoms with Crippen LogP contribution in [0.5, 0.6) is 0 Å². The number of rotatable bonds is 8. The number of nitro benzene ring substituents is 1. The third kappa shape index (κ3) is 5.14. The molecule has 0 heterocycles. The highest BCUT2D eigenvalue weighted by molar-refractivity contribution is 6.39. The maximum Gasteiger partial charge on any atom is 0.272 e. The van der Waals surface area contributed by atoms with Crippen molar-refractivity contribution in [2.24, 2.45) is 16.0 Å². The first-order chi connectivity index (χ1) is 12.5. The summed E-state index contributed by atoms with van der Waals surface area (Å²) in [5, 5.41) is 19.1. The Morgan fingerprint density at radius 1 is 1.15 bits per heavy atom. The molecule has 0 bridgehead atoms. The molecular weight excluding hydrogens is 377 g/mol. The van der Waals surface area contributed by atoms with Gasteiger partial charge in [0.1, 0.15) is 5.69 Å². The summed E-state index contributed by atoms with van der Waals surface area (Å²) in [5.74, 6) is 0. The van der Waals surface area contributed by atoms with Crippen molar-refractivity contribution >= 4 is 46.0 Å². The highest BCUT2D eigenvalue weighted by atomic mass is 35.5. The molecule has 0 unspecified atom stereocenters. The lowest BCUT2D eigenvalue weighted by Gasteiger charge is -2.22. The number of halogens is 2. The predicted octanol–water partition coefficient (Wildman–Crippen LogP) is 5.49. The maximum atomic E-state index is 10.8. The van der Waals surface area contributed by atoms with E-state index in [0.29, 0.717) is 12.2 Å². The quantitative estimate of drug-likeness (QED) is 0.362. The van der Waals surface area contributed by atoms with E-state index in [-0.39, 0.29) is 21.4 Å². The third-order valence-electron chi connectivity index (χ3n) is 3.71. The molecule has 0 aliphatic rings. The monoisotopic (exact) mass is 395 g/mol. The van der Waals surface area contributed by atoms with Crippen LogP contribution < -0.4 is 10.6 Å². The molecule has 0 aliphatic carbocycles. The minimum absolute atomic E-state index is 0.0727. The number of non-ortho nitro benzene ring substituents is 1. The van der Waals surface area contributed by atoms with Gasteiger partial charge < -0.3 is 10.6 Å². The normalized spacial score (nSPS) is 11.1. The number of nitrogens with zero attached hydrogens (tertiary/aromatic N) is 4. The lowest BCUT2D eigenvalue weighted by molar-refractivity contribution is -0.384. The molecule has 138 valence electrons. The molecule has 2 aromatic carbocycles. The van der Waals surface area contributed by atoms with Crippen LogP contribution in [0.25, 0.3) is 0 Å². The number of hydrogen-bond acceptors (Lipinski definition) is 6. The van der Waals surface area contributed by atoms with Gasteiger partial charge in [-0.2, -0.15) is 5.11 Å². The topological polar surface area (TPSA) is 97.1 Å². The average molecular weight is 396 g/mol. The molecule has 2 rings (SSSR count). The number of benzene rings is 2. The van der Waals surface area contributed by atoms with Crippen molar-refractivity contribution in [3.05, 3.63) is 56.6 Å². The Labute approximate surface area is 161 Å². The smallest absolute Gasteiger partial charge is 0.272 e. The van der Waals surface area contributed by atoms with Crippen LogP contribution in [0.1, 0.15) is 13.3 Å². The fraction of sp³-hybridized carbons (Fsp3) is 0.294. The lowest BCUT2D eigenvalue weighted by Crippen LogP contribution is -2.25. The minimum atomic E-state index is -0.568. The van der Waals surface area contributed by atoms with E-state index in [1.807, 2.05) is 24.3 Å². The van der Waals surface area contributed by atoms with Gasteiger partial charge in [-0.15, -0.1) is 5.11 Å². The van der Waals surface area contributed by atoms with Gasteiger partial charge in [0.2, 0.25) is 0 Å². The number of anilines is 1. The summed E-state index contributed by atoms with van der Waals surface area (Å²) in [6.45, 7) is 4.51. The van der Waals surface area contributed by atoms with Gasteiger partial charge in [0, 0.05) is 30.9 Å². The Balaban J connectivity index is 2.17. The number of hydrogen-bond donors (Lipinski definition) is 1. The first-order valence-electron chi connectivity index (χ1n) is 8.06. The zero-order valence-corrected chi connectivity index (χ0v) is 15.7. The largest absolute Gasteiger partial charge is 0.372 e. The zero-order chi connectivity index (χ0) is 19.1. The highest BCUT2D eigenvalue weighted by Crippen LogP contribution is 2.37. The van der Waals surface area contributed by atoms with E-state index < -0.39 is 4.92 Å². The fourth-order valence-corrected chi connectivity index (χ4v) is 2.89. The van der Waals surface area contributed by atoms with Crippen molar-refractivity contribution in [3.8, 4) is 0 Å². The molecule has 9 heteroatoms. The Morgan fingerprint density at radius 3 is 2.27 bits per heavy atom. The predicted molar refractivity (Wildman–Crippen MR) is 105 cm³/mol. The van der Waals surface area contributed by atoms with E-state index in [1.54, 1.807) is 0 Å². The van der Waals surface area contributed by atoms with Crippen molar-refractivity contribution in [1.82, 2.24) is 0 Å². The molecular formula is C17H19Cl2N5O2. The van der Waals surface area contributed by atoms with Crippen molar-refractivity contribution in [2.75, 3.05) is 24.5 Å². The standard InChI is InChI=1S/C17H19Cl2N5O2/c1-2-23(9-3-8-20)13-6-4-12(5-7-13)21-22-17-15(18)10-14(24(25)26)11-16(17)19/h4-7,10-11H,2-3,8-9,20H2,1H3. The highest BCUT2D eigenvalue weighted by Gasteiger charge is 2.14. The van der Waals surface area contributed by atoms with Gasteiger partial charge in [0.25, 0.3) is 5.69 Å². The summed E-state index contributed by atoms with van der Waals surface area (Å²) in [5.41, 5.74) is 7.26. The summed E-state index contributed by atoms with van der Waals surface area (Å²) in [6, 6.07) is 9.96. The van der Waals surface area contributed by atoms with Crippen LogP contribution in [0.3, 0.4) is 0 Å². The molecule has 0 atom stereocenters. The molecule has 0 aromatic heterocycles. The maximum absolute atomic E-state index is 10.8. The molecule has 0 aliphatic heterocycles. The third-order valence-corrected chi connectivity index (χ3v) is 4.28. The van der Waals surface area contributed by atoms with Gasteiger partial charge in [-0.05, 0) is 44.2 Å². The lowest BCUT2D eigenvalue weighted by atomic mass is 10.2. The molecule has 0 radical (unpaired) electrons. The number of nitro groups is 1. The first kappa shape index (κ1) is 20.1. The van der Waals surface area contributed by atoms with Crippen molar-refractivity contribution < 1.29 is 4.92 Å². The van der Waals surface area contributed by atoms with E-state index in [9.17, 15) is 10.1 Å². The van der Waals surface area contributed by atoms with E-state index in [1.165, 1.54) is 12.1 Å². The molecule has 7 nitrogen and oxygen atoms in total. The van der Waals surface area contributed by atoms with Crippen LogP contribution in [-0.4, -0.2) is 24.6 Å². The van der Waals surface area contributed by atoms with Crippen molar-refractivity contribution in [3.63, 3.8) is 0 Å². The zero-order valence-electron chi connectivity index (χ0n) is 14.2. The second kappa shape index (κ2) is 9.47. The van der Waals surface area contributed by atoms with E-state index in [4.69, 9.17) is 28.9 Å². The molecule has 0 spiro atoms. The molecule has 0 fully saturated rings. The minimum Gasteiger partial charge on any atom is -0.372 e. The van der Waals surface area contributed by atoms with Crippen LogP contribution >= 0.6 is 23.2 Å². The Hall–Kier alpha value is -2.22.